The van der Waals surface area contributed by atoms with Crippen molar-refractivity contribution in [1.82, 2.24) is 10.2 Å². The molecule has 0 amide bonds. The molecule has 0 aliphatic heterocycles. The molecule has 1 aromatic heterocycles. The first-order chi connectivity index (χ1) is 8.76. The van der Waals surface area contributed by atoms with E-state index in [1.807, 2.05) is 6.07 Å². The summed E-state index contributed by atoms with van der Waals surface area (Å²) in [6.07, 6.45) is 1.68. The van der Waals surface area contributed by atoms with Gasteiger partial charge in [0.1, 0.15) is 0 Å². The molecule has 2 N–H and O–H groups in total. The number of hydrogen-bond acceptors (Lipinski definition) is 4. The van der Waals surface area contributed by atoms with Gasteiger partial charge in [-0.3, -0.25) is 0 Å². The zero-order chi connectivity index (χ0) is 13.0. The van der Waals surface area contributed by atoms with Crippen LogP contribution < -0.4 is 10.6 Å². The third kappa shape index (κ3) is 2.49. The van der Waals surface area contributed by atoms with Crippen LogP contribution in [0.5, 0.6) is 0 Å². The van der Waals surface area contributed by atoms with E-state index < -0.39 is 0 Å². The van der Waals surface area contributed by atoms with Gasteiger partial charge in [0.2, 0.25) is 0 Å². The van der Waals surface area contributed by atoms with Gasteiger partial charge in [-0.1, -0.05) is 17.7 Å². The van der Waals surface area contributed by atoms with Crippen molar-refractivity contribution < 1.29 is 0 Å². The zero-order valence-corrected chi connectivity index (χ0v) is 10.8. The van der Waals surface area contributed by atoms with E-state index in [0.717, 1.165) is 23.6 Å². The van der Waals surface area contributed by atoms with Gasteiger partial charge in [0.05, 0.1) is 6.20 Å². The van der Waals surface area contributed by atoms with Crippen LogP contribution in [0.4, 0.5) is 11.5 Å². The highest BCUT2D eigenvalue weighted by atomic mass is 15.3. The van der Waals surface area contributed by atoms with Crippen LogP contribution in [0.15, 0.2) is 36.5 Å². The molecule has 2 aromatic rings. The summed E-state index contributed by atoms with van der Waals surface area (Å²) in [5, 5.41) is 8.17. The molecule has 2 rings (SSSR count). The molecule has 0 saturated carbocycles. The van der Waals surface area contributed by atoms with Gasteiger partial charge in [0, 0.05) is 24.3 Å². The lowest BCUT2D eigenvalue weighted by Gasteiger charge is -2.23. The van der Waals surface area contributed by atoms with Gasteiger partial charge in [0.25, 0.3) is 0 Å². The van der Waals surface area contributed by atoms with Gasteiger partial charge in [-0.05, 0) is 32.0 Å². The van der Waals surface area contributed by atoms with Gasteiger partial charge >= 0.3 is 0 Å². The van der Waals surface area contributed by atoms with Crippen molar-refractivity contribution in [3.8, 4) is 0 Å². The van der Waals surface area contributed by atoms with Crippen molar-refractivity contribution in [3.05, 3.63) is 47.7 Å². The Balaban J connectivity index is 2.41. The van der Waals surface area contributed by atoms with Crippen molar-refractivity contribution >= 4 is 11.5 Å². The van der Waals surface area contributed by atoms with Gasteiger partial charge in [0.15, 0.2) is 5.82 Å². The monoisotopic (exact) mass is 242 g/mol. The maximum absolute atomic E-state index is 5.75. The molecule has 0 aliphatic rings. The molecule has 0 spiro atoms. The summed E-state index contributed by atoms with van der Waals surface area (Å²) in [7, 11) is 0. The van der Waals surface area contributed by atoms with Gasteiger partial charge in [-0.15, -0.1) is 5.10 Å². The Morgan fingerprint density at radius 3 is 2.50 bits per heavy atom. The Labute approximate surface area is 107 Å². The fourth-order valence-electron chi connectivity index (χ4n) is 1.92. The Bertz CT molecular complexity index is 507. The van der Waals surface area contributed by atoms with Gasteiger partial charge in [-0.25, -0.2) is 0 Å². The molecule has 0 aliphatic carbocycles. The fourth-order valence-corrected chi connectivity index (χ4v) is 1.92. The average molecular weight is 242 g/mol. The van der Waals surface area contributed by atoms with Crippen LogP contribution in [-0.4, -0.2) is 16.7 Å². The average Bonchev–Trinajstić information content (AvgIpc) is 2.42. The summed E-state index contributed by atoms with van der Waals surface area (Å²) < 4.78 is 0. The van der Waals surface area contributed by atoms with Crippen LogP contribution in [0, 0.1) is 6.92 Å². The van der Waals surface area contributed by atoms with Crippen LogP contribution in [-0.2, 0) is 6.54 Å². The Hall–Kier alpha value is -1.94. The first-order valence-electron chi connectivity index (χ1n) is 6.11. The predicted octanol–water partition coefficient (Wildman–Crippen LogP) is 2.40. The SMILES string of the molecule is CCN(c1ccc(C)cc1)c1nnccc1CN. The summed E-state index contributed by atoms with van der Waals surface area (Å²) in [6, 6.07) is 10.3. The van der Waals surface area contributed by atoms with Crippen molar-refractivity contribution in [2.75, 3.05) is 11.4 Å². The first kappa shape index (κ1) is 12.5. The van der Waals surface area contributed by atoms with Crippen LogP contribution in [0.25, 0.3) is 0 Å². The molecule has 94 valence electrons. The second-order valence-electron chi connectivity index (χ2n) is 4.16. The minimum Gasteiger partial charge on any atom is -0.326 e. The third-order valence-corrected chi connectivity index (χ3v) is 2.92. The number of aryl methyl sites for hydroxylation is 1. The van der Waals surface area contributed by atoms with E-state index in [9.17, 15) is 0 Å². The Morgan fingerprint density at radius 2 is 1.89 bits per heavy atom. The lowest BCUT2D eigenvalue weighted by atomic mass is 10.2. The maximum Gasteiger partial charge on any atom is 0.160 e. The fraction of sp³-hybridized carbons (Fsp3) is 0.286. The number of anilines is 2. The summed E-state index contributed by atoms with van der Waals surface area (Å²) in [5.41, 5.74) is 9.11. The Morgan fingerprint density at radius 1 is 1.17 bits per heavy atom. The normalized spacial score (nSPS) is 10.4. The van der Waals surface area contributed by atoms with E-state index in [0.29, 0.717) is 6.54 Å². The molecular formula is C14H18N4. The molecule has 0 fully saturated rings. The number of hydrogen-bond donors (Lipinski definition) is 1. The molecule has 1 aromatic carbocycles. The third-order valence-electron chi connectivity index (χ3n) is 2.92. The molecule has 4 heteroatoms. The zero-order valence-electron chi connectivity index (χ0n) is 10.8. The van der Waals surface area contributed by atoms with Crippen LogP contribution in [0.1, 0.15) is 18.1 Å². The number of rotatable bonds is 4. The smallest absolute Gasteiger partial charge is 0.160 e. The van der Waals surface area contributed by atoms with E-state index in [4.69, 9.17) is 5.73 Å². The lowest BCUT2D eigenvalue weighted by molar-refractivity contribution is 0.895. The molecule has 1 heterocycles. The molecule has 0 saturated heterocycles. The summed E-state index contributed by atoms with van der Waals surface area (Å²) in [6.45, 7) is 5.46. The van der Waals surface area contributed by atoms with Crippen molar-refractivity contribution in [2.24, 2.45) is 5.73 Å². The highest BCUT2D eigenvalue weighted by molar-refractivity contribution is 5.62. The molecule has 0 bridgehead atoms. The largest absolute Gasteiger partial charge is 0.326 e. The first-order valence-corrected chi connectivity index (χ1v) is 6.11. The highest BCUT2D eigenvalue weighted by Gasteiger charge is 2.12. The lowest BCUT2D eigenvalue weighted by Crippen LogP contribution is -2.20. The van der Waals surface area contributed by atoms with Gasteiger partial charge < -0.3 is 10.6 Å². The molecule has 4 nitrogen and oxygen atoms in total. The molecule has 0 atom stereocenters. The number of nitrogens with zero attached hydrogens (tertiary/aromatic N) is 3. The second-order valence-corrected chi connectivity index (χ2v) is 4.16. The second kappa shape index (κ2) is 5.60. The number of aromatic nitrogens is 2. The minimum absolute atomic E-state index is 0.465. The van der Waals surface area contributed by atoms with Crippen LogP contribution in [0.3, 0.4) is 0 Å². The van der Waals surface area contributed by atoms with Crippen molar-refractivity contribution in [1.29, 1.82) is 0 Å². The number of benzene rings is 1. The topological polar surface area (TPSA) is 55.0 Å². The standard InChI is InChI=1S/C14H18N4/c1-3-18(13-6-4-11(2)5-7-13)14-12(10-15)8-9-16-17-14/h4-9H,3,10,15H2,1-2H3. The Kier molecular flexibility index (Phi) is 3.89. The molecule has 18 heavy (non-hydrogen) atoms. The van der Waals surface area contributed by atoms with Gasteiger partial charge in [-0.2, -0.15) is 5.10 Å². The van der Waals surface area contributed by atoms with E-state index in [1.54, 1.807) is 6.20 Å². The van der Waals surface area contributed by atoms with E-state index in [-0.39, 0.29) is 0 Å². The molecule has 0 unspecified atom stereocenters. The van der Waals surface area contributed by atoms with Crippen LogP contribution >= 0.6 is 0 Å². The quantitative estimate of drug-likeness (QED) is 0.894. The predicted molar refractivity (Wildman–Crippen MR) is 73.8 cm³/mol. The van der Waals surface area contributed by atoms with Crippen molar-refractivity contribution in [3.63, 3.8) is 0 Å². The van der Waals surface area contributed by atoms with Crippen molar-refractivity contribution in [2.45, 2.75) is 20.4 Å². The summed E-state index contributed by atoms with van der Waals surface area (Å²) >= 11 is 0. The number of nitrogens with two attached hydrogens (primary N) is 1. The highest BCUT2D eigenvalue weighted by Crippen LogP contribution is 2.25. The molecular weight excluding hydrogens is 224 g/mol. The van der Waals surface area contributed by atoms with E-state index in [2.05, 4.69) is 53.2 Å². The van der Waals surface area contributed by atoms with E-state index in [1.165, 1.54) is 5.56 Å². The molecule has 0 radical (unpaired) electrons. The summed E-state index contributed by atoms with van der Waals surface area (Å²) in [5.74, 6) is 0.839. The van der Waals surface area contributed by atoms with E-state index >= 15 is 0 Å². The maximum atomic E-state index is 5.75. The summed E-state index contributed by atoms with van der Waals surface area (Å²) in [4.78, 5) is 2.12. The minimum atomic E-state index is 0.465. The van der Waals surface area contributed by atoms with Crippen LogP contribution in [0.2, 0.25) is 0 Å².